The smallest absolute Gasteiger partial charge is 0.334 e. The molecule has 6 nitrogen and oxygen atoms in total. The third kappa shape index (κ3) is 2.68. The normalized spacial score (nSPS) is 16.5. The van der Waals surface area contributed by atoms with E-state index >= 15 is 0 Å². The van der Waals surface area contributed by atoms with Crippen molar-refractivity contribution < 1.29 is 17.7 Å². The van der Waals surface area contributed by atoms with Gasteiger partial charge in [-0.2, -0.15) is 23.3 Å². The number of aryl methyl sites for hydroxylation is 1. The largest absolute Gasteiger partial charge is 0.434 e. The molecule has 0 saturated heterocycles. The SMILES string of the molecule is Cc1ccc(-n2ncc(-c3nc(C4(N)CCC4)no3)c2C(F)(F)F)cc1. The number of nitrogens with two attached hydrogens (primary N) is 1. The Hall–Kier alpha value is -2.68. The van der Waals surface area contributed by atoms with Gasteiger partial charge in [0.05, 0.1) is 23.0 Å². The van der Waals surface area contributed by atoms with E-state index in [-0.39, 0.29) is 17.3 Å². The molecule has 1 fully saturated rings. The Bertz CT molecular complexity index is 938. The molecule has 0 bridgehead atoms. The van der Waals surface area contributed by atoms with Crippen LogP contribution in [0.4, 0.5) is 13.2 Å². The minimum Gasteiger partial charge on any atom is -0.334 e. The summed E-state index contributed by atoms with van der Waals surface area (Å²) in [5, 5.41) is 7.69. The van der Waals surface area contributed by atoms with Crippen LogP contribution in [0.1, 0.15) is 36.3 Å². The van der Waals surface area contributed by atoms with Crippen LogP contribution in [-0.2, 0) is 11.7 Å². The first-order chi connectivity index (χ1) is 12.3. The van der Waals surface area contributed by atoms with Crippen LogP contribution in [0.3, 0.4) is 0 Å². The first kappa shape index (κ1) is 16.8. The lowest BCUT2D eigenvalue weighted by molar-refractivity contribution is -0.142. The molecule has 0 spiro atoms. The molecule has 9 heteroatoms. The maximum atomic E-state index is 13.7. The van der Waals surface area contributed by atoms with Gasteiger partial charge in [-0.3, -0.25) is 0 Å². The number of nitrogens with zero attached hydrogens (tertiary/aromatic N) is 4. The van der Waals surface area contributed by atoms with E-state index < -0.39 is 17.4 Å². The lowest BCUT2D eigenvalue weighted by atomic mass is 9.77. The number of halogens is 3. The summed E-state index contributed by atoms with van der Waals surface area (Å²) in [6, 6.07) is 6.58. The highest BCUT2D eigenvalue weighted by atomic mass is 19.4. The number of hydrogen-bond donors (Lipinski definition) is 1. The number of rotatable bonds is 3. The van der Waals surface area contributed by atoms with Gasteiger partial charge in [-0.25, -0.2) is 4.68 Å². The van der Waals surface area contributed by atoms with Crippen molar-refractivity contribution in [1.29, 1.82) is 0 Å². The fraction of sp³-hybridized carbons (Fsp3) is 0.353. The van der Waals surface area contributed by atoms with Crippen LogP contribution in [0.15, 0.2) is 35.0 Å². The van der Waals surface area contributed by atoms with Gasteiger partial charge >= 0.3 is 6.18 Å². The summed E-state index contributed by atoms with van der Waals surface area (Å²) in [6.07, 6.45) is -1.27. The Labute approximate surface area is 146 Å². The Morgan fingerprint density at radius 2 is 1.88 bits per heavy atom. The van der Waals surface area contributed by atoms with Crippen LogP contribution < -0.4 is 5.73 Å². The third-order valence-corrected chi connectivity index (χ3v) is 4.66. The van der Waals surface area contributed by atoms with Crippen LogP contribution in [-0.4, -0.2) is 19.9 Å². The summed E-state index contributed by atoms with van der Waals surface area (Å²) in [7, 11) is 0. The topological polar surface area (TPSA) is 82.8 Å². The molecule has 2 heterocycles. The van der Waals surface area contributed by atoms with Crippen molar-refractivity contribution in [2.45, 2.75) is 37.9 Å². The highest BCUT2D eigenvalue weighted by Crippen LogP contribution is 2.40. The Morgan fingerprint density at radius 1 is 1.19 bits per heavy atom. The number of aromatic nitrogens is 4. The van der Waals surface area contributed by atoms with Gasteiger partial charge < -0.3 is 10.3 Å². The van der Waals surface area contributed by atoms with Crippen molar-refractivity contribution in [3.8, 4) is 17.1 Å². The second kappa shape index (κ2) is 5.66. The second-order valence-electron chi connectivity index (χ2n) is 6.58. The van der Waals surface area contributed by atoms with E-state index in [2.05, 4.69) is 15.2 Å². The van der Waals surface area contributed by atoms with Crippen molar-refractivity contribution in [2.24, 2.45) is 5.73 Å². The summed E-state index contributed by atoms with van der Waals surface area (Å²) in [5.41, 5.74) is 5.41. The first-order valence-electron chi connectivity index (χ1n) is 8.14. The zero-order valence-corrected chi connectivity index (χ0v) is 13.9. The van der Waals surface area contributed by atoms with E-state index in [1.807, 2.05) is 6.92 Å². The van der Waals surface area contributed by atoms with Gasteiger partial charge in [0, 0.05) is 0 Å². The third-order valence-electron chi connectivity index (χ3n) is 4.66. The van der Waals surface area contributed by atoms with Crippen molar-refractivity contribution in [3.63, 3.8) is 0 Å². The summed E-state index contributed by atoms with van der Waals surface area (Å²) in [6.45, 7) is 1.85. The van der Waals surface area contributed by atoms with Gasteiger partial charge in [-0.15, -0.1) is 0 Å². The maximum absolute atomic E-state index is 13.7. The van der Waals surface area contributed by atoms with Crippen LogP contribution in [0, 0.1) is 6.92 Å². The minimum atomic E-state index is -4.65. The van der Waals surface area contributed by atoms with E-state index in [0.717, 1.165) is 22.9 Å². The Balaban J connectivity index is 1.81. The van der Waals surface area contributed by atoms with E-state index in [4.69, 9.17) is 10.3 Å². The molecule has 0 radical (unpaired) electrons. The first-order valence-corrected chi connectivity index (χ1v) is 8.14. The minimum absolute atomic E-state index is 0.231. The zero-order valence-electron chi connectivity index (χ0n) is 13.9. The van der Waals surface area contributed by atoms with E-state index in [9.17, 15) is 13.2 Å². The van der Waals surface area contributed by atoms with Gasteiger partial charge in [0.25, 0.3) is 5.89 Å². The Morgan fingerprint density at radius 3 is 2.46 bits per heavy atom. The van der Waals surface area contributed by atoms with Crippen molar-refractivity contribution in [1.82, 2.24) is 19.9 Å². The molecule has 4 rings (SSSR count). The lowest BCUT2D eigenvalue weighted by Crippen LogP contribution is -2.44. The molecule has 3 aromatic rings. The predicted octanol–water partition coefficient (Wildman–Crippen LogP) is 3.59. The summed E-state index contributed by atoms with van der Waals surface area (Å²) in [4.78, 5) is 4.11. The number of hydrogen-bond acceptors (Lipinski definition) is 5. The lowest BCUT2D eigenvalue weighted by Gasteiger charge is -2.34. The molecule has 26 heavy (non-hydrogen) atoms. The van der Waals surface area contributed by atoms with Crippen LogP contribution in [0.5, 0.6) is 0 Å². The van der Waals surface area contributed by atoms with Gasteiger partial charge in [0.1, 0.15) is 0 Å². The maximum Gasteiger partial charge on any atom is 0.434 e. The molecular weight excluding hydrogens is 347 g/mol. The highest BCUT2D eigenvalue weighted by Gasteiger charge is 2.42. The summed E-state index contributed by atoms with van der Waals surface area (Å²) in [5.74, 6) is -0.00243. The van der Waals surface area contributed by atoms with Crippen LogP contribution in [0.25, 0.3) is 17.1 Å². The molecule has 1 aromatic carbocycles. The molecule has 0 atom stereocenters. The fourth-order valence-corrected chi connectivity index (χ4v) is 2.98. The monoisotopic (exact) mass is 363 g/mol. The average molecular weight is 363 g/mol. The molecule has 0 amide bonds. The van der Waals surface area contributed by atoms with Crippen LogP contribution in [0.2, 0.25) is 0 Å². The molecule has 136 valence electrons. The molecule has 1 saturated carbocycles. The number of benzene rings is 1. The summed E-state index contributed by atoms with van der Waals surface area (Å²) < 4.78 is 47.1. The quantitative estimate of drug-likeness (QED) is 0.769. The fourth-order valence-electron chi connectivity index (χ4n) is 2.98. The van der Waals surface area contributed by atoms with Gasteiger partial charge in [-0.1, -0.05) is 22.9 Å². The molecule has 1 aliphatic carbocycles. The zero-order chi connectivity index (χ0) is 18.5. The Kier molecular flexibility index (Phi) is 3.65. The molecule has 2 N–H and O–H groups in total. The highest BCUT2D eigenvalue weighted by molar-refractivity contribution is 5.58. The van der Waals surface area contributed by atoms with Gasteiger partial charge in [-0.05, 0) is 38.3 Å². The molecule has 1 aliphatic rings. The standard InChI is InChI=1S/C17H16F3N5O/c1-10-3-5-11(6-4-10)25-13(17(18,19)20)12(9-22-25)14-23-15(24-26-14)16(21)7-2-8-16/h3-6,9H,2,7-8,21H2,1H3. The van der Waals surface area contributed by atoms with E-state index in [0.29, 0.717) is 18.5 Å². The average Bonchev–Trinajstić information content (AvgIpc) is 3.19. The molecule has 2 aromatic heterocycles. The molecule has 0 unspecified atom stereocenters. The second-order valence-corrected chi connectivity index (χ2v) is 6.58. The number of alkyl halides is 3. The molecule has 0 aliphatic heterocycles. The van der Waals surface area contributed by atoms with Crippen molar-refractivity contribution in [3.05, 3.63) is 47.5 Å². The van der Waals surface area contributed by atoms with Crippen molar-refractivity contribution in [2.75, 3.05) is 0 Å². The van der Waals surface area contributed by atoms with Crippen molar-refractivity contribution >= 4 is 0 Å². The predicted molar refractivity (Wildman–Crippen MR) is 86.3 cm³/mol. The molecular formula is C17H16F3N5O. The van der Waals surface area contributed by atoms with Gasteiger partial charge in [0.2, 0.25) is 0 Å². The van der Waals surface area contributed by atoms with Crippen LogP contribution >= 0.6 is 0 Å². The summed E-state index contributed by atoms with van der Waals surface area (Å²) >= 11 is 0. The van der Waals surface area contributed by atoms with E-state index in [1.54, 1.807) is 24.3 Å². The van der Waals surface area contributed by atoms with E-state index in [1.165, 1.54) is 0 Å². The van der Waals surface area contributed by atoms with Gasteiger partial charge in [0.15, 0.2) is 11.5 Å².